The molecule has 1 N–H and O–H groups in total. The van der Waals surface area contributed by atoms with Gasteiger partial charge in [-0.3, -0.25) is 0 Å². The second kappa shape index (κ2) is 8.82. The van der Waals surface area contributed by atoms with Gasteiger partial charge in [0.25, 0.3) is 0 Å². The fraction of sp³-hybridized carbons (Fsp3) is 0.478. The van der Waals surface area contributed by atoms with Gasteiger partial charge in [-0.15, -0.1) is 11.8 Å². The predicted molar refractivity (Wildman–Crippen MR) is 116 cm³/mol. The normalized spacial score (nSPS) is 15.2. The molecule has 0 aliphatic carbocycles. The Balaban J connectivity index is 1.76. The van der Waals surface area contributed by atoms with Crippen LogP contribution in [0.15, 0.2) is 41.3 Å². The highest BCUT2D eigenvalue weighted by atomic mass is 35.5. The van der Waals surface area contributed by atoms with Crippen molar-refractivity contribution in [3.8, 4) is 0 Å². The summed E-state index contributed by atoms with van der Waals surface area (Å²) in [5, 5.41) is 4.43. The van der Waals surface area contributed by atoms with E-state index in [1.165, 1.54) is 33.6 Å². The van der Waals surface area contributed by atoms with E-state index in [0.29, 0.717) is 0 Å². The van der Waals surface area contributed by atoms with Crippen LogP contribution in [0.25, 0.3) is 0 Å². The molecule has 0 atom stereocenters. The Kier molecular flexibility index (Phi) is 6.71. The molecule has 3 heteroatoms. The molecule has 0 aromatic heterocycles. The van der Waals surface area contributed by atoms with Crippen LogP contribution in [0.5, 0.6) is 0 Å². The maximum atomic E-state index is 6.60. The number of thioether (sulfide) groups is 1. The molecule has 0 unspecified atom stereocenters. The van der Waals surface area contributed by atoms with E-state index in [4.69, 9.17) is 11.6 Å². The zero-order valence-electron chi connectivity index (χ0n) is 16.2. The van der Waals surface area contributed by atoms with Crippen molar-refractivity contribution in [2.75, 3.05) is 13.1 Å². The third-order valence-corrected chi connectivity index (χ3v) is 7.12. The zero-order valence-corrected chi connectivity index (χ0v) is 17.8. The molecule has 3 rings (SSSR count). The molecule has 1 heterocycles. The van der Waals surface area contributed by atoms with Gasteiger partial charge in [0.2, 0.25) is 0 Å². The smallest absolute Gasteiger partial charge is 0.0449 e. The van der Waals surface area contributed by atoms with E-state index in [1.54, 1.807) is 0 Å². The highest BCUT2D eigenvalue weighted by Gasteiger charge is 2.18. The fourth-order valence-electron chi connectivity index (χ4n) is 3.51. The molecule has 2 aromatic carbocycles. The summed E-state index contributed by atoms with van der Waals surface area (Å²) < 4.78 is 0. The predicted octanol–water partition coefficient (Wildman–Crippen LogP) is 6.40. The molecule has 1 aliphatic heterocycles. The van der Waals surface area contributed by atoms with Crippen LogP contribution in [0.2, 0.25) is 5.02 Å². The zero-order chi connectivity index (χ0) is 18.6. The maximum absolute atomic E-state index is 6.60. The average Bonchev–Trinajstić information content (AvgIpc) is 2.62. The molecule has 0 saturated heterocycles. The minimum Gasteiger partial charge on any atom is -0.316 e. The van der Waals surface area contributed by atoms with Gasteiger partial charge in [0.05, 0.1) is 0 Å². The molecule has 26 heavy (non-hydrogen) atoms. The van der Waals surface area contributed by atoms with Gasteiger partial charge >= 0.3 is 0 Å². The van der Waals surface area contributed by atoms with E-state index in [-0.39, 0.29) is 5.41 Å². The highest BCUT2D eigenvalue weighted by molar-refractivity contribution is 7.98. The summed E-state index contributed by atoms with van der Waals surface area (Å²) in [6.07, 6.45) is 4.57. The first-order valence-electron chi connectivity index (χ1n) is 9.74. The first kappa shape index (κ1) is 19.8. The topological polar surface area (TPSA) is 12.0 Å². The lowest BCUT2D eigenvalue weighted by molar-refractivity contribution is 0.506. The molecule has 0 fully saturated rings. The number of benzene rings is 2. The number of halogens is 1. The summed E-state index contributed by atoms with van der Waals surface area (Å²) in [5.74, 6) is 0.950. The second-order valence-electron chi connectivity index (χ2n) is 7.82. The number of fused-ring (bicyclic) bond motifs is 1. The third kappa shape index (κ3) is 4.65. The van der Waals surface area contributed by atoms with Gasteiger partial charge in [0.1, 0.15) is 0 Å². The van der Waals surface area contributed by atoms with Gasteiger partial charge in [-0.25, -0.2) is 0 Å². The Morgan fingerprint density at radius 3 is 2.54 bits per heavy atom. The Labute approximate surface area is 167 Å². The molecule has 140 valence electrons. The Morgan fingerprint density at radius 2 is 1.81 bits per heavy atom. The quantitative estimate of drug-likeness (QED) is 0.596. The number of nitrogens with one attached hydrogen (secondary N) is 1. The summed E-state index contributed by atoms with van der Waals surface area (Å²) in [4.78, 5) is 1.32. The van der Waals surface area contributed by atoms with Crippen LogP contribution in [0, 0.1) is 0 Å². The van der Waals surface area contributed by atoms with Crippen molar-refractivity contribution in [2.45, 2.75) is 62.5 Å². The minimum absolute atomic E-state index is 0.246. The Hall–Kier alpha value is -0.960. The largest absolute Gasteiger partial charge is 0.316 e. The summed E-state index contributed by atoms with van der Waals surface area (Å²) in [6.45, 7) is 9.05. The molecular formula is C23H30ClNS. The summed E-state index contributed by atoms with van der Waals surface area (Å²) >= 11 is 8.50. The number of hydrogen-bond acceptors (Lipinski definition) is 2. The summed E-state index contributed by atoms with van der Waals surface area (Å²) in [5.41, 5.74) is 5.97. The first-order chi connectivity index (χ1) is 12.5. The molecule has 0 bridgehead atoms. The highest BCUT2D eigenvalue weighted by Crippen LogP contribution is 2.34. The van der Waals surface area contributed by atoms with Gasteiger partial charge in [-0.2, -0.15) is 0 Å². The fourth-order valence-corrected chi connectivity index (χ4v) is 4.81. The minimum atomic E-state index is 0.246. The summed E-state index contributed by atoms with van der Waals surface area (Å²) in [7, 11) is 0. The van der Waals surface area contributed by atoms with Crippen molar-refractivity contribution in [1.29, 1.82) is 0 Å². The Morgan fingerprint density at radius 1 is 1.04 bits per heavy atom. The lowest BCUT2D eigenvalue weighted by atomic mass is 9.82. The van der Waals surface area contributed by atoms with Gasteiger partial charge < -0.3 is 5.32 Å². The lowest BCUT2D eigenvalue weighted by Crippen LogP contribution is -2.22. The average molecular weight is 388 g/mol. The third-order valence-electron chi connectivity index (χ3n) is 5.73. The van der Waals surface area contributed by atoms with Crippen LogP contribution in [-0.4, -0.2) is 13.1 Å². The van der Waals surface area contributed by atoms with E-state index < -0.39 is 0 Å². The van der Waals surface area contributed by atoms with Crippen LogP contribution in [0.4, 0.5) is 0 Å². The monoisotopic (exact) mass is 387 g/mol. The van der Waals surface area contributed by atoms with Crippen LogP contribution >= 0.6 is 23.4 Å². The lowest BCUT2D eigenvalue weighted by Gasteiger charge is -2.23. The van der Waals surface area contributed by atoms with Crippen LogP contribution < -0.4 is 5.32 Å². The van der Waals surface area contributed by atoms with Crippen LogP contribution in [0.1, 0.15) is 55.9 Å². The van der Waals surface area contributed by atoms with Crippen molar-refractivity contribution in [3.05, 3.63) is 63.7 Å². The Bertz CT molecular complexity index is 737. The molecule has 0 spiro atoms. The van der Waals surface area contributed by atoms with E-state index in [9.17, 15) is 0 Å². The van der Waals surface area contributed by atoms with Gasteiger partial charge in [0.15, 0.2) is 0 Å². The van der Waals surface area contributed by atoms with Gasteiger partial charge in [-0.1, -0.05) is 50.6 Å². The van der Waals surface area contributed by atoms with Crippen molar-refractivity contribution in [3.63, 3.8) is 0 Å². The van der Waals surface area contributed by atoms with Crippen LogP contribution in [0.3, 0.4) is 0 Å². The van der Waals surface area contributed by atoms with E-state index in [0.717, 1.165) is 43.1 Å². The van der Waals surface area contributed by atoms with Crippen molar-refractivity contribution >= 4 is 23.4 Å². The molecule has 1 nitrogen and oxygen atoms in total. The van der Waals surface area contributed by atoms with Gasteiger partial charge in [-0.05, 0) is 84.6 Å². The number of hydrogen-bond donors (Lipinski definition) is 1. The van der Waals surface area contributed by atoms with Crippen molar-refractivity contribution in [2.24, 2.45) is 0 Å². The van der Waals surface area contributed by atoms with E-state index in [1.807, 2.05) is 11.8 Å². The molecule has 0 radical (unpaired) electrons. The molecular weight excluding hydrogens is 358 g/mol. The van der Waals surface area contributed by atoms with E-state index in [2.05, 4.69) is 62.5 Å². The standard InChI is InChI=1S/C23H30ClNS/c1-4-23(2,3)18-8-10-19(11-9-18)26-16-21-20-6-5-14-25-15-13-17(20)7-12-22(21)24/h7-12,25H,4-6,13-16H2,1-3H3. The van der Waals surface area contributed by atoms with E-state index >= 15 is 0 Å². The van der Waals surface area contributed by atoms with Gasteiger partial charge in [0, 0.05) is 15.7 Å². The summed E-state index contributed by atoms with van der Waals surface area (Å²) in [6, 6.07) is 13.4. The molecule has 0 saturated carbocycles. The van der Waals surface area contributed by atoms with Crippen LogP contribution in [-0.2, 0) is 24.0 Å². The first-order valence-corrected chi connectivity index (χ1v) is 11.1. The molecule has 0 amide bonds. The maximum Gasteiger partial charge on any atom is 0.0449 e. The second-order valence-corrected chi connectivity index (χ2v) is 9.27. The molecule has 2 aromatic rings. The van der Waals surface area contributed by atoms with Crippen molar-refractivity contribution in [1.82, 2.24) is 5.32 Å². The molecule has 1 aliphatic rings. The van der Waals surface area contributed by atoms with Crippen molar-refractivity contribution < 1.29 is 0 Å². The number of rotatable bonds is 5. The SMILES string of the molecule is CCC(C)(C)c1ccc(SCc2c(Cl)ccc3c2CCCNCC3)cc1.